The van der Waals surface area contributed by atoms with Crippen LogP contribution in [-0.2, 0) is 20.8 Å². The summed E-state index contributed by atoms with van der Waals surface area (Å²) in [4.78, 5) is 37.6. The van der Waals surface area contributed by atoms with E-state index < -0.39 is 29.7 Å². The molecule has 0 aliphatic rings. The Morgan fingerprint density at radius 3 is 2.29 bits per heavy atom. The first-order valence-electron chi connectivity index (χ1n) is 9.50. The Morgan fingerprint density at radius 2 is 1.79 bits per heavy atom. The van der Waals surface area contributed by atoms with Crippen LogP contribution in [0.2, 0.25) is 0 Å². The molecule has 1 rings (SSSR count). The number of hydroxylamine groups is 1. The number of hydrogen-bond acceptors (Lipinski definition) is 4. The zero-order chi connectivity index (χ0) is 21.1. The Balaban J connectivity index is 3.11. The maximum atomic E-state index is 13.1. The Morgan fingerprint density at radius 1 is 1.14 bits per heavy atom. The van der Waals surface area contributed by atoms with Crippen LogP contribution in [0.15, 0.2) is 43.0 Å². The zero-order valence-corrected chi connectivity index (χ0v) is 16.8. The van der Waals surface area contributed by atoms with Gasteiger partial charge in [-0.15, -0.1) is 6.58 Å². The highest BCUT2D eigenvalue weighted by molar-refractivity contribution is 5.91. The minimum Gasteiger partial charge on any atom is -0.357 e. The Kier molecular flexibility index (Phi) is 9.95. The summed E-state index contributed by atoms with van der Waals surface area (Å²) in [5, 5.41) is 14.5. The van der Waals surface area contributed by atoms with Gasteiger partial charge in [0.05, 0.1) is 11.8 Å². The van der Waals surface area contributed by atoms with E-state index in [4.69, 9.17) is 5.21 Å². The third-order valence-electron chi connectivity index (χ3n) is 5.02. The van der Waals surface area contributed by atoms with Gasteiger partial charge in [0.15, 0.2) is 0 Å². The van der Waals surface area contributed by atoms with E-state index in [2.05, 4.69) is 17.2 Å². The molecule has 4 N–H and O–H groups in total. The molecule has 3 amide bonds. The van der Waals surface area contributed by atoms with Gasteiger partial charge in [-0.05, 0) is 17.9 Å². The number of nitrogens with one attached hydrogen (secondary N) is 3. The maximum absolute atomic E-state index is 13.1. The second kappa shape index (κ2) is 11.9. The Labute approximate surface area is 166 Å². The number of hydrogen-bond donors (Lipinski definition) is 4. The number of carbonyl (C=O) groups is 3. The zero-order valence-electron chi connectivity index (χ0n) is 16.8. The van der Waals surface area contributed by atoms with Crippen LogP contribution in [0, 0.1) is 17.8 Å². The van der Waals surface area contributed by atoms with Crippen LogP contribution in [0.3, 0.4) is 0 Å². The number of benzene rings is 1. The summed E-state index contributed by atoms with van der Waals surface area (Å²) >= 11 is 0. The predicted molar refractivity (Wildman–Crippen MR) is 107 cm³/mol. The standard InChI is InChI=1S/C21H31N3O4/c1-5-10-16(19(25)24-28)18(14(3)6-2)21(27)23-17(20(26)22-4)13-15-11-8-7-9-12-15/h5,7-9,11-12,14,16-18,28H,1,6,10,13H2,2-4H3,(H,22,26)(H,23,27)(H,24,25). The molecule has 154 valence electrons. The summed E-state index contributed by atoms with van der Waals surface area (Å²) in [7, 11) is 1.51. The van der Waals surface area contributed by atoms with Gasteiger partial charge in [0.25, 0.3) is 0 Å². The molecule has 0 aliphatic heterocycles. The van der Waals surface area contributed by atoms with Crippen LogP contribution >= 0.6 is 0 Å². The summed E-state index contributed by atoms with van der Waals surface area (Å²) in [5.74, 6) is -2.97. The van der Waals surface area contributed by atoms with Gasteiger partial charge in [-0.3, -0.25) is 19.6 Å². The second-order valence-electron chi connectivity index (χ2n) is 6.88. The molecule has 0 saturated heterocycles. The average molecular weight is 389 g/mol. The quantitative estimate of drug-likeness (QED) is 0.263. The first-order chi connectivity index (χ1) is 13.4. The molecular weight excluding hydrogens is 358 g/mol. The lowest BCUT2D eigenvalue weighted by atomic mass is 9.78. The first kappa shape index (κ1) is 23.4. The molecule has 4 unspecified atom stereocenters. The third kappa shape index (κ3) is 6.49. The molecule has 0 spiro atoms. The molecule has 7 nitrogen and oxygen atoms in total. The predicted octanol–water partition coefficient (Wildman–Crippen LogP) is 1.82. The molecule has 0 radical (unpaired) electrons. The van der Waals surface area contributed by atoms with Crippen molar-refractivity contribution in [2.45, 2.75) is 39.2 Å². The fourth-order valence-corrected chi connectivity index (χ4v) is 3.27. The van der Waals surface area contributed by atoms with Gasteiger partial charge in [0.1, 0.15) is 6.04 Å². The lowest BCUT2D eigenvalue weighted by Gasteiger charge is -2.30. The Bertz CT molecular complexity index is 663. The van der Waals surface area contributed by atoms with E-state index in [1.165, 1.54) is 7.05 Å². The van der Waals surface area contributed by atoms with E-state index >= 15 is 0 Å². The summed E-state index contributed by atoms with van der Waals surface area (Å²) in [6, 6.07) is 8.61. The van der Waals surface area contributed by atoms with Crippen molar-refractivity contribution in [2.24, 2.45) is 17.8 Å². The largest absolute Gasteiger partial charge is 0.357 e. The Hall–Kier alpha value is -2.67. The number of carbonyl (C=O) groups excluding carboxylic acids is 3. The molecule has 0 fully saturated rings. The van der Waals surface area contributed by atoms with Crippen LogP contribution in [0.5, 0.6) is 0 Å². The van der Waals surface area contributed by atoms with Crippen molar-refractivity contribution in [3.05, 3.63) is 48.6 Å². The van der Waals surface area contributed by atoms with Gasteiger partial charge < -0.3 is 10.6 Å². The molecule has 0 saturated carbocycles. The van der Waals surface area contributed by atoms with E-state index in [0.29, 0.717) is 12.8 Å². The molecule has 7 heteroatoms. The summed E-state index contributed by atoms with van der Waals surface area (Å²) < 4.78 is 0. The third-order valence-corrected chi connectivity index (χ3v) is 5.02. The van der Waals surface area contributed by atoms with Crippen molar-refractivity contribution in [1.82, 2.24) is 16.1 Å². The topological polar surface area (TPSA) is 108 Å². The van der Waals surface area contributed by atoms with Gasteiger partial charge >= 0.3 is 0 Å². The molecule has 0 aliphatic carbocycles. The number of allylic oxidation sites excluding steroid dienone is 1. The van der Waals surface area contributed by atoms with E-state index in [1.54, 1.807) is 11.6 Å². The highest BCUT2D eigenvalue weighted by Gasteiger charge is 2.37. The summed E-state index contributed by atoms with van der Waals surface area (Å²) in [6.07, 6.45) is 2.77. The van der Waals surface area contributed by atoms with Gasteiger partial charge in [-0.1, -0.05) is 56.7 Å². The fourth-order valence-electron chi connectivity index (χ4n) is 3.27. The second-order valence-corrected chi connectivity index (χ2v) is 6.88. The van der Waals surface area contributed by atoms with Crippen molar-refractivity contribution >= 4 is 17.7 Å². The normalized spacial score (nSPS) is 14.9. The molecule has 0 heterocycles. The van der Waals surface area contributed by atoms with Crippen molar-refractivity contribution in [3.8, 4) is 0 Å². The van der Waals surface area contributed by atoms with Crippen molar-refractivity contribution < 1.29 is 19.6 Å². The van der Waals surface area contributed by atoms with Crippen molar-refractivity contribution in [2.75, 3.05) is 7.05 Å². The molecule has 0 bridgehead atoms. The minimum absolute atomic E-state index is 0.135. The fraction of sp³-hybridized carbons (Fsp3) is 0.476. The number of likely N-dealkylation sites (N-methyl/N-ethyl adjacent to an activating group) is 1. The SMILES string of the molecule is C=CCC(C(=O)NO)C(C(=O)NC(Cc1ccccc1)C(=O)NC)C(C)CC. The lowest BCUT2D eigenvalue weighted by molar-refractivity contribution is -0.142. The number of rotatable bonds is 11. The molecule has 28 heavy (non-hydrogen) atoms. The van der Waals surface area contributed by atoms with Crippen molar-refractivity contribution in [1.29, 1.82) is 0 Å². The van der Waals surface area contributed by atoms with E-state index in [-0.39, 0.29) is 18.2 Å². The van der Waals surface area contributed by atoms with Crippen molar-refractivity contribution in [3.63, 3.8) is 0 Å². The highest BCUT2D eigenvalue weighted by atomic mass is 16.5. The maximum Gasteiger partial charge on any atom is 0.247 e. The highest BCUT2D eigenvalue weighted by Crippen LogP contribution is 2.28. The van der Waals surface area contributed by atoms with Crippen LogP contribution < -0.4 is 16.1 Å². The molecular formula is C21H31N3O4. The van der Waals surface area contributed by atoms with Gasteiger partial charge in [-0.2, -0.15) is 0 Å². The molecule has 1 aromatic carbocycles. The molecule has 1 aromatic rings. The lowest BCUT2D eigenvalue weighted by Crippen LogP contribution is -2.52. The smallest absolute Gasteiger partial charge is 0.247 e. The monoisotopic (exact) mass is 389 g/mol. The molecule has 0 aromatic heterocycles. The van der Waals surface area contributed by atoms with Gasteiger partial charge in [0, 0.05) is 13.5 Å². The van der Waals surface area contributed by atoms with Crippen LogP contribution in [0.25, 0.3) is 0 Å². The summed E-state index contributed by atoms with van der Waals surface area (Å²) in [5.41, 5.74) is 2.55. The minimum atomic E-state index is -0.778. The first-order valence-corrected chi connectivity index (χ1v) is 9.50. The van der Waals surface area contributed by atoms with Crippen LogP contribution in [-0.4, -0.2) is 36.0 Å². The van der Waals surface area contributed by atoms with Crippen LogP contribution in [0.4, 0.5) is 0 Å². The van der Waals surface area contributed by atoms with E-state index in [9.17, 15) is 14.4 Å². The average Bonchev–Trinajstić information content (AvgIpc) is 2.72. The van der Waals surface area contributed by atoms with E-state index in [1.807, 2.05) is 44.2 Å². The molecule has 4 atom stereocenters. The van der Waals surface area contributed by atoms with Gasteiger partial charge in [0.2, 0.25) is 17.7 Å². The number of amides is 3. The van der Waals surface area contributed by atoms with Crippen LogP contribution in [0.1, 0.15) is 32.3 Å². The van der Waals surface area contributed by atoms with E-state index in [0.717, 1.165) is 5.56 Å². The summed E-state index contributed by atoms with van der Waals surface area (Å²) in [6.45, 7) is 7.44. The van der Waals surface area contributed by atoms with Gasteiger partial charge in [-0.25, -0.2) is 5.48 Å².